The molecule has 0 radical (unpaired) electrons. The number of nitrogens with zero attached hydrogens (tertiary/aromatic N) is 2. The molecule has 2 unspecified atom stereocenters. The van der Waals surface area contributed by atoms with Crippen LogP contribution >= 0.6 is 23.2 Å². The second-order valence-electron chi connectivity index (χ2n) is 5.99. The Morgan fingerprint density at radius 1 is 1.32 bits per heavy atom. The standard InChI is InChI=1S/C15H22Cl2N4O/c1-10-5-11(2)9-21(8-10)15(22)19-4-3-18-14-13(17)6-12(16)7-20-14/h6-7,10-11H,3-5,8-9H2,1-2H3,(H,18,20)(H,19,22). The molecule has 5 nitrogen and oxygen atoms in total. The van der Waals surface area contributed by atoms with Crippen LogP contribution in [0.4, 0.5) is 10.6 Å². The molecular formula is C15H22Cl2N4O. The van der Waals surface area contributed by atoms with E-state index in [-0.39, 0.29) is 6.03 Å². The second-order valence-corrected chi connectivity index (χ2v) is 6.84. The lowest BCUT2D eigenvalue weighted by Gasteiger charge is -2.34. The molecule has 1 aliphatic rings. The third kappa shape index (κ3) is 4.92. The summed E-state index contributed by atoms with van der Waals surface area (Å²) in [5.74, 6) is 1.69. The Morgan fingerprint density at radius 3 is 2.64 bits per heavy atom. The molecular weight excluding hydrogens is 323 g/mol. The minimum atomic E-state index is -0.00429. The van der Waals surface area contributed by atoms with E-state index in [0.29, 0.717) is 40.8 Å². The average molecular weight is 345 g/mol. The maximum absolute atomic E-state index is 12.1. The van der Waals surface area contributed by atoms with Crippen LogP contribution in [0.1, 0.15) is 20.3 Å². The first-order chi connectivity index (χ1) is 10.5. The summed E-state index contributed by atoms with van der Waals surface area (Å²) >= 11 is 11.8. The number of carbonyl (C=O) groups excluding carboxylic acids is 1. The van der Waals surface area contributed by atoms with Crippen LogP contribution in [-0.2, 0) is 0 Å². The quantitative estimate of drug-likeness (QED) is 0.822. The highest BCUT2D eigenvalue weighted by molar-refractivity contribution is 6.35. The molecule has 0 spiro atoms. The van der Waals surface area contributed by atoms with Crippen LogP contribution in [0.25, 0.3) is 0 Å². The summed E-state index contributed by atoms with van der Waals surface area (Å²) in [7, 11) is 0. The van der Waals surface area contributed by atoms with Crippen molar-refractivity contribution in [3.05, 3.63) is 22.3 Å². The van der Waals surface area contributed by atoms with E-state index in [4.69, 9.17) is 23.2 Å². The number of anilines is 1. The largest absolute Gasteiger partial charge is 0.367 e. The number of hydrogen-bond acceptors (Lipinski definition) is 3. The molecule has 1 aliphatic heterocycles. The molecule has 0 saturated carbocycles. The number of aromatic nitrogens is 1. The van der Waals surface area contributed by atoms with Gasteiger partial charge in [0.15, 0.2) is 0 Å². The molecule has 1 aromatic rings. The van der Waals surface area contributed by atoms with Crippen molar-refractivity contribution in [3.8, 4) is 0 Å². The Balaban J connectivity index is 1.73. The average Bonchev–Trinajstić information content (AvgIpc) is 2.44. The summed E-state index contributed by atoms with van der Waals surface area (Å²) in [6.07, 6.45) is 2.72. The Morgan fingerprint density at radius 2 is 2.00 bits per heavy atom. The summed E-state index contributed by atoms with van der Waals surface area (Å²) in [6, 6.07) is 1.63. The van der Waals surface area contributed by atoms with Crippen molar-refractivity contribution in [2.75, 3.05) is 31.5 Å². The van der Waals surface area contributed by atoms with Crippen molar-refractivity contribution < 1.29 is 4.79 Å². The van der Waals surface area contributed by atoms with Crippen molar-refractivity contribution in [1.29, 1.82) is 0 Å². The van der Waals surface area contributed by atoms with Gasteiger partial charge >= 0.3 is 6.03 Å². The summed E-state index contributed by atoms with van der Waals surface area (Å²) in [5.41, 5.74) is 0. The minimum Gasteiger partial charge on any atom is -0.367 e. The zero-order valence-corrected chi connectivity index (χ0v) is 14.4. The van der Waals surface area contributed by atoms with Gasteiger partial charge in [-0.2, -0.15) is 0 Å². The molecule has 0 aliphatic carbocycles. The van der Waals surface area contributed by atoms with Gasteiger partial charge in [0.2, 0.25) is 0 Å². The van der Waals surface area contributed by atoms with Crippen molar-refractivity contribution in [2.45, 2.75) is 20.3 Å². The third-order valence-electron chi connectivity index (χ3n) is 3.66. The summed E-state index contributed by atoms with van der Waals surface area (Å²) < 4.78 is 0. The Bertz CT molecular complexity index is 516. The van der Waals surface area contributed by atoms with Crippen molar-refractivity contribution >= 4 is 35.1 Å². The molecule has 0 bridgehead atoms. The van der Waals surface area contributed by atoms with E-state index in [0.717, 1.165) is 13.1 Å². The van der Waals surface area contributed by atoms with E-state index in [1.54, 1.807) is 6.07 Å². The number of pyridine rings is 1. The fourth-order valence-electron chi connectivity index (χ4n) is 2.84. The second kappa shape index (κ2) is 7.88. The SMILES string of the molecule is CC1CC(C)CN(C(=O)NCCNc2ncc(Cl)cc2Cl)C1. The van der Waals surface area contributed by atoms with Crippen LogP contribution in [0, 0.1) is 11.8 Å². The van der Waals surface area contributed by atoms with Gasteiger partial charge in [0.25, 0.3) is 0 Å². The van der Waals surface area contributed by atoms with E-state index in [1.807, 2.05) is 4.90 Å². The first-order valence-electron chi connectivity index (χ1n) is 7.53. The Kier molecular flexibility index (Phi) is 6.15. The van der Waals surface area contributed by atoms with Gasteiger partial charge in [-0.15, -0.1) is 0 Å². The molecule has 2 heterocycles. The van der Waals surface area contributed by atoms with E-state index < -0.39 is 0 Å². The van der Waals surface area contributed by atoms with Crippen LogP contribution in [-0.4, -0.2) is 42.1 Å². The van der Waals surface area contributed by atoms with Crippen LogP contribution in [0.3, 0.4) is 0 Å². The topological polar surface area (TPSA) is 57.3 Å². The molecule has 2 amide bonds. The van der Waals surface area contributed by atoms with Crippen molar-refractivity contribution in [1.82, 2.24) is 15.2 Å². The third-order valence-corrected chi connectivity index (χ3v) is 4.15. The monoisotopic (exact) mass is 344 g/mol. The predicted molar refractivity (Wildman–Crippen MR) is 90.7 cm³/mol. The smallest absolute Gasteiger partial charge is 0.317 e. The maximum Gasteiger partial charge on any atom is 0.317 e. The van der Waals surface area contributed by atoms with E-state index in [9.17, 15) is 4.79 Å². The van der Waals surface area contributed by atoms with Gasteiger partial charge in [0.05, 0.1) is 10.0 Å². The number of urea groups is 1. The van der Waals surface area contributed by atoms with Crippen LogP contribution < -0.4 is 10.6 Å². The lowest BCUT2D eigenvalue weighted by atomic mass is 9.92. The fraction of sp³-hybridized carbons (Fsp3) is 0.600. The summed E-state index contributed by atoms with van der Waals surface area (Å²) in [4.78, 5) is 18.1. The van der Waals surface area contributed by atoms with Crippen LogP contribution in [0.15, 0.2) is 12.3 Å². The van der Waals surface area contributed by atoms with Crippen molar-refractivity contribution in [2.24, 2.45) is 11.8 Å². The van der Waals surface area contributed by atoms with Crippen molar-refractivity contribution in [3.63, 3.8) is 0 Å². The Hall–Kier alpha value is -1.20. The fourth-order valence-corrected chi connectivity index (χ4v) is 3.28. The lowest BCUT2D eigenvalue weighted by molar-refractivity contribution is 0.146. The number of carbonyl (C=O) groups is 1. The van der Waals surface area contributed by atoms with Crippen LogP contribution in [0.2, 0.25) is 10.0 Å². The van der Waals surface area contributed by atoms with Gasteiger partial charge in [0, 0.05) is 32.4 Å². The molecule has 22 heavy (non-hydrogen) atoms. The summed E-state index contributed by atoms with van der Waals surface area (Å²) in [6.45, 7) is 7.09. The minimum absolute atomic E-state index is 0.00429. The molecule has 1 saturated heterocycles. The maximum atomic E-state index is 12.1. The molecule has 0 aromatic carbocycles. The van der Waals surface area contributed by atoms with Gasteiger partial charge in [-0.1, -0.05) is 37.0 Å². The number of halogens is 2. The van der Waals surface area contributed by atoms with Gasteiger partial charge in [0.1, 0.15) is 5.82 Å². The van der Waals surface area contributed by atoms with E-state index in [2.05, 4.69) is 29.5 Å². The molecule has 1 fully saturated rings. The first kappa shape index (κ1) is 17.2. The molecule has 1 aromatic heterocycles. The van der Waals surface area contributed by atoms with E-state index in [1.165, 1.54) is 12.6 Å². The zero-order valence-electron chi connectivity index (χ0n) is 12.9. The number of nitrogens with one attached hydrogen (secondary N) is 2. The Labute approximate surface area is 141 Å². The molecule has 122 valence electrons. The predicted octanol–water partition coefficient (Wildman–Crippen LogP) is 3.49. The highest BCUT2D eigenvalue weighted by Crippen LogP contribution is 2.22. The number of hydrogen-bond donors (Lipinski definition) is 2. The highest BCUT2D eigenvalue weighted by atomic mass is 35.5. The number of piperidine rings is 1. The molecule has 2 N–H and O–H groups in total. The van der Waals surface area contributed by atoms with Gasteiger partial charge in [-0.25, -0.2) is 9.78 Å². The molecule has 2 rings (SSSR count). The molecule has 2 atom stereocenters. The van der Waals surface area contributed by atoms with Gasteiger partial charge in [-0.05, 0) is 24.3 Å². The number of likely N-dealkylation sites (tertiary alicyclic amines) is 1. The number of amides is 2. The summed E-state index contributed by atoms with van der Waals surface area (Å²) in [5, 5.41) is 6.97. The highest BCUT2D eigenvalue weighted by Gasteiger charge is 2.24. The molecule has 7 heteroatoms. The first-order valence-corrected chi connectivity index (χ1v) is 8.29. The van der Waals surface area contributed by atoms with Gasteiger partial charge in [-0.3, -0.25) is 0 Å². The van der Waals surface area contributed by atoms with E-state index >= 15 is 0 Å². The lowest BCUT2D eigenvalue weighted by Crippen LogP contribution is -2.48. The normalized spacial score (nSPS) is 21.5. The van der Waals surface area contributed by atoms with Gasteiger partial charge < -0.3 is 15.5 Å². The van der Waals surface area contributed by atoms with Crippen LogP contribution in [0.5, 0.6) is 0 Å². The number of rotatable bonds is 4. The zero-order chi connectivity index (χ0) is 16.1.